The van der Waals surface area contributed by atoms with Crippen molar-refractivity contribution < 1.29 is 4.79 Å². The summed E-state index contributed by atoms with van der Waals surface area (Å²) in [4.78, 5) is 21.0. The molecule has 0 aliphatic carbocycles. The number of benzene rings is 3. The monoisotopic (exact) mass is 561 g/mol. The Morgan fingerprint density at radius 2 is 1.71 bits per heavy atom. The standard InChI is InChI=1S/C29H26N4O.C5H9NS/c1-20(23-12-8-13-24(18-23)29(30)34)33-27-16-9-15-26(22-10-4-3-5-11-22)28(27)21(2)32-19-25-14-6-7-17-31-25;1-3-4-7-5(2)6/h3-18,32H,2,19H2,1H3,(H2,30,34);3-4,6H,1-2H3/b;4-3-,6-5?. The van der Waals surface area contributed by atoms with Crippen molar-refractivity contribution in [3.8, 4) is 11.1 Å². The number of primary amides is 1. The molecule has 6 nitrogen and oxygen atoms in total. The minimum absolute atomic E-state index is 0.451. The van der Waals surface area contributed by atoms with Gasteiger partial charge in [0.25, 0.3) is 0 Å². The van der Waals surface area contributed by atoms with Crippen LogP contribution in [-0.4, -0.2) is 21.6 Å². The first-order valence-electron chi connectivity index (χ1n) is 13.1. The van der Waals surface area contributed by atoms with E-state index in [0.29, 0.717) is 17.2 Å². The van der Waals surface area contributed by atoms with Crippen LogP contribution in [0, 0.1) is 5.41 Å². The van der Waals surface area contributed by atoms with Gasteiger partial charge in [-0.1, -0.05) is 85.1 Å². The topological polar surface area (TPSA) is 104 Å². The molecule has 208 valence electrons. The molecule has 3 aromatic carbocycles. The number of amides is 1. The van der Waals surface area contributed by atoms with Crippen LogP contribution in [0.15, 0.2) is 120 Å². The molecule has 0 atom stereocenters. The summed E-state index contributed by atoms with van der Waals surface area (Å²) >= 11 is 1.43. The Morgan fingerprint density at radius 1 is 1.00 bits per heavy atom. The van der Waals surface area contributed by atoms with E-state index in [1.807, 2.05) is 86.0 Å². The van der Waals surface area contributed by atoms with E-state index in [4.69, 9.17) is 16.1 Å². The van der Waals surface area contributed by atoms with E-state index < -0.39 is 5.91 Å². The summed E-state index contributed by atoms with van der Waals surface area (Å²) in [6.07, 6.45) is 3.69. The highest BCUT2D eigenvalue weighted by molar-refractivity contribution is 8.16. The Labute approximate surface area is 246 Å². The second-order valence-corrected chi connectivity index (χ2v) is 10.1. The van der Waals surface area contributed by atoms with Gasteiger partial charge in [0.1, 0.15) is 0 Å². The zero-order valence-electron chi connectivity index (χ0n) is 23.6. The molecule has 0 saturated carbocycles. The highest BCUT2D eigenvalue weighted by atomic mass is 32.2. The molecule has 4 aromatic rings. The molecule has 4 N–H and O–H groups in total. The van der Waals surface area contributed by atoms with E-state index in [9.17, 15) is 4.79 Å². The van der Waals surface area contributed by atoms with E-state index in [1.165, 1.54) is 11.8 Å². The summed E-state index contributed by atoms with van der Waals surface area (Å²) in [7, 11) is 0. The highest BCUT2D eigenvalue weighted by Crippen LogP contribution is 2.35. The predicted molar refractivity (Wildman–Crippen MR) is 175 cm³/mol. The number of nitrogens with one attached hydrogen (secondary N) is 2. The molecule has 0 spiro atoms. The van der Waals surface area contributed by atoms with Crippen molar-refractivity contribution in [2.45, 2.75) is 27.3 Å². The van der Waals surface area contributed by atoms with E-state index in [-0.39, 0.29) is 0 Å². The number of thioether (sulfide) groups is 1. The van der Waals surface area contributed by atoms with E-state index in [1.54, 1.807) is 25.3 Å². The van der Waals surface area contributed by atoms with Crippen molar-refractivity contribution in [1.29, 1.82) is 5.41 Å². The second-order valence-electron chi connectivity index (χ2n) is 9.00. The number of aromatic nitrogens is 1. The third-order valence-corrected chi connectivity index (χ3v) is 6.63. The largest absolute Gasteiger partial charge is 0.379 e. The van der Waals surface area contributed by atoms with Gasteiger partial charge in [-0.2, -0.15) is 0 Å². The van der Waals surface area contributed by atoms with Crippen LogP contribution in [0.25, 0.3) is 16.8 Å². The number of hydrogen-bond acceptors (Lipinski definition) is 6. The van der Waals surface area contributed by atoms with Crippen LogP contribution >= 0.6 is 11.8 Å². The molecule has 0 saturated heterocycles. The van der Waals surface area contributed by atoms with Crippen LogP contribution in [0.4, 0.5) is 5.69 Å². The fourth-order valence-electron chi connectivity index (χ4n) is 3.91. The van der Waals surface area contributed by atoms with Gasteiger partial charge in [0.2, 0.25) is 5.91 Å². The van der Waals surface area contributed by atoms with Crippen LogP contribution in [-0.2, 0) is 6.54 Å². The van der Waals surface area contributed by atoms with Gasteiger partial charge in [0.05, 0.1) is 23.0 Å². The molecule has 1 aromatic heterocycles. The molecule has 0 bridgehead atoms. The van der Waals surface area contributed by atoms with E-state index >= 15 is 0 Å². The predicted octanol–water partition coefficient (Wildman–Crippen LogP) is 8.00. The molecule has 0 radical (unpaired) electrons. The average Bonchev–Trinajstić information content (AvgIpc) is 3.00. The lowest BCUT2D eigenvalue weighted by atomic mass is 9.96. The number of nitrogens with two attached hydrogens (primary N) is 1. The molecule has 1 heterocycles. The lowest BCUT2D eigenvalue weighted by Crippen LogP contribution is -2.13. The molecular weight excluding hydrogens is 526 g/mol. The molecule has 7 heteroatoms. The molecule has 0 aliphatic rings. The van der Waals surface area contributed by atoms with Crippen molar-refractivity contribution in [2.24, 2.45) is 10.7 Å². The number of rotatable bonds is 9. The molecule has 1 amide bonds. The average molecular weight is 562 g/mol. The molecular formula is C34H35N5OS. The van der Waals surface area contributed by atoms with Crippen LogP contribution in [0.3, 0.4) is 0 Å². The summed E-state index contributed by atoms with van der Waals surface area (Å²) in [6.45, 7) is 10.5. The third kappa shape index (κ3) is 9.44. The lowest BCUT2D eigenvalue weighted by molar-refractivity contribution is 0.1000. The maximum absolute atomic E-state index is 11.6. The normalized spacial score (nSPS) is 11.0. The van der Waals surface area contributed by atoms with Crippen LogP contribution in [0.2, 0.25) is 0 Å². The van der Waals surface area contributed by atoms with Gasteiger partial charge in [0.15, 0.2) is 0 Å². The molecule has 4 rings (SSSR count). The number of carbonyl (C=O) groups is 1. The first-order chi connectivity index (χ1) is 19.8. The van der Waals surface area contributed by atoms with Gasteiger partial charge in [-0.15, -0.1) is 0 Å². The smallest absolute Gasteiger partial charge is 0.248 e. The number of aliphatic imine (C=N–C) groups is 1. The van der Waals surface area contributed by atoms with Crippen molar-refractivity contribution in [1.82, 2.24) is 10.3 Å². The number of pyridine rings is 1. The van der Waals surface area contributed by atoms with Gasteiger partial charge in [-0.3, -0.25) is 20.2 Å². The Bertz CT molecular complexity index is 1550. The number of allylic oxidation sites excluding steroid dienone is 1. The van der Waals surface area contributed by atoms with Gasteiger partial charge in [-0.25, -0.2) is 0 Å². The zero-order chi connectivity index (χ0) is 29.6. The van der Waals surface area contributed by atoms with Crippen molar-refractivity contribution >= 4 is 39.8 Å². The highest BCUT2D eigenvalue weighted by Gasteiger charge is 2.14. The minimum Gasteiger partial charge on any atom is -0.379 e. The molecule has 0 unspecified atom stereocenters. The quantitative estimate of drug-likeness (QED) is 0.142. The SMILES string of the molecule is C/C=C\SC(C)=N.C=C(NCc1ccccn1)c1c(N=C(C)c2cccc(C(N)=O)c2)cccc1-c1ccccc1. The zero-order valence-corrected chi connectivity index (χ0v) is 24.4. The number of nitrogens with zero attached hydrogens (tertiary/aromatic N) is 2. The molecule has 0 aliphatic heterocycles. The van der Waals surface area contributed by atoms with Crippen LogP contribution < -0.4 is 11.1 Å². The fourth-order valence-corrected chi connectivity index (χ4v) is 4.25. The van der Waals surface area contributed by atoms with Crippen molar-refractivity contribution in [3.05, 3.63) is 138 Å². The number of hydrogen-bond donors (Lipinski definition) is 3. The summed E-state index contributed by atoms with van der Waals surface area (Å²) < 4.78 is 0. The van der Waals surface area contributed by atoms with Crippen molar-refractivity contribution in [3.63, 3.8) is 0 Å². The lowest BCUT2D eigenvalue weighted by Gasteiger charge is -2.17. The number of carbonyl (C=O) groups excluding carboxylic acids is 1. The Balaban J connectivity index is 0.000000587. The Hall–Kier alpha value is -4.75. The summed E-state index contributed by atoms with van der Waals surface area (Å²) in [6, 6.07) is 29.2. The van der Waals surface area contributed by atoms with Gasteiger partial charge in [-0.05, 0) is 73.2 Å². The first kappa shape index (κ1) is 30.8. The molecule has 41 heavy (non-hydrogen) atoms. The molecule has 0 fully saturated rings. The summed E-state index contributed by atoms with van der Waals surface area (Å²) in [5.41, 5.74) is 13.0. The van der Waals surface area contributed by atoms with Gasteiger partial charge < -0.3 is 11.1 Å². The Kier molecular flexibility index (Phi) is 11.8. The van der Waals surface area contributed by atoms with Crippen LogP contribution in [0.1, 0.15) is 48.0 Å². The first-order valence-corrected chi connectivity index (χ1v) is 14.0. The summed E-state index contributed by atoms with van der Waals surface area (Å²) in [5.74, 6) is -0.464. The Morgan fingerprint density at radius 3 is 2.34 bits per heavy atom. The fraction of sp³-hybridized carbons (Fsp3) is 0.118. The van der Waals surface area contributed by atoms with Crippen LogP contribution in [0.5, 0.6) is 0 Å². The summed E-state index contributed by atoms with van der Waals surface area (Å²) in [5, 5.41) is 12.9. The minimum atomic E-state index is -0.464. The van der Waals surface area contributed by atoms with E-state index in [0.717, 1.165) is 45.0 Å². The van der Waals surface area contributed by atoms with Gasteiger partial charge >= 0.3 is 0 Å². The maximum Gasteiger partial charge on any atom is 0.248 e. The van der Waals surface area contributed by atoms with Gasteiger partial charge in [0, 0.05) is 28.7 Å². The second kappa shape index (κ2) is 15.7. The maximum atomic E-state index is 11.6. The van der Waals surface area contributed by atoms with Crippen molar-refractivity contribution in [2.75, 3.05) is 0 Å². The third-order valence-electron chi connectivity index (χ3n) is 5.87. The van der Waals surface area contributed by atoms with E-state index in [2.05, 4.69) is 35.1 Å².